The summed E-state index contributed by atoms with van der Waals surface area (Å²) in [6.07, 6.45) is 0. The second-order valence-corrected chi connectivity index (χ2v) is 15.5. The minimum Gasteiger partial charge on any atom is -0.290 e. The first-order chi connectivity index (χ1) is 29.7. The van der Waals surface area contributed by atoms with Crippen LogP contribution in [-0.4, -0.2) is 41.6 Å². The molecule has 0 radical (unpaired) electrons. The SMILES string of the molecule is [C-]#[N+]c1ccc(-c2nc3c(c4nc(-c5ccc(C#N)cc5)n(-c5ccc(S(=O)(=O)O)cc5)c4c4nc(-c5ccc(C#N)cc5)n(-c5ccccc5)c34)n2-c2ccccc2)cc1. The van der Waals surface area contributed by atoms with Crippen LogP contribution < -0.4 is 0 Å². The highest BCUT2D eigenvalue weighted by atomic mass is 32.2. The lowest BCUT2D eigenvalue weighted by Crippen LogP contribution is -2.02. The maximum absolute atomic E-state index is 12.2. The Morgan fingerprint density at radius 1 is 0.492 bits per heavy atom. The minimum atomic E-state index is -4.52. The van der Waals surface area contributed by atoms with Gasteiger partial charge in [0.2, 0.25) is 0 Å². The molecule has 0 aliphatic rings. The zero-order chi connectivity index (χ0) is 41.8. The Morgan fingerprint density at radius 2 is 0.836 bits per heavy atom. The van der Waals surface area contributed by atoms with Crippen LogP contribution >= 0.6 is 0 Å². The Labute approximate surface area is 348 Å². The topological polar surface area (TPSA) is 160 Å². The van der Waals surface area contributed by atoms with Gasteiger partial charge in [-0.3, -0.25) is 18.3 Å². The Bertz CT molecular complexity index is 3520. The van der Waals surface area contributed by atoms with E-state index < -0.39 is 10.1 Å². The molecule has 1 N–H and O–H groups in total. The van der Waals surface area contributed by atoms with Crippen molar-refractivity contribution >= 4 is 48.9 Å². The van der Waals surface area contributed by atoms with E-state index in [1.165, 1.54) is 12.1 Å². The van der Waals surface area contributed by atoms with Crippen molar-refractivity contribution in [2.75, 3.05) is 0 Å². The van der Waals surface area contributed by atoms with Crippen molar-refractivity contribution in [3.8, 4) is 63.4 Å². The van der Waals surface area contributed by atoms with Crippen LogP contribution in [0.15, 0.2) is 163 Å². The van der Waals surface area contributed by atoms with Gasteiger partial charge in [0.05, 0.1) is 34.7 Å². The Morgan fingerprint density at radius 3 is 1.16 bits per heavy atom. The molecule has 13 heteroatoms. The lowest BCUT2D eigenvalue weighted by molar-refractivity contribution is 0.483. The van der Waals surface area contributed by atoms with Crippen molar-refractivity contribution in [1.82, 2.24) is 28.7 Å². The molecule has 10 rings (SSSR count). The van der Waals surface area contributed by atoms with E-state index in [0.717, 1.165) is 22.5 Å². The van der Waals surface area contributed by atoms with Crippen molar-refractivity contribution in [3.05, 3.63) is 180 Å². The van der Waals surface area contributed by atoms with E-state index in [1.54, 1.807) is 60.7 Å². The van der Waals surface area contributed by atoms with Gasteiger partial charge in [-0.2, -0.15) is 18.9 Å². The van der Waals surface area contributed by atoms with Crippen molar-refractivity contribution in [3.63, 3.8) is 0 Å². The van der Waals surface area contributed by atoms with Crippen LogP contribution in [0, 0.1) is 29.2 Å². The van der Waals surface area contributed by atoms with E-state index in [1.807, 2.05) is 94.1 Å². The van der Waals surface area contributed by atoms with Gasteiger partial charge >= 0.3 is 0 Å². The third-order valence-corrected chi connectivity index (χ3v) is 11.4. The smallest absolute Gasteiger partial charge is 0.290 e. The molecular weight excluding hydrogens is 783 g/mol. The minimum absolute atomic E-state index is 0.277. The summed E-state index contributed by atoms with van der Waals surface area (Å²) in [5.41, 5.74) is 9.13. The molecule has 0 aliphatic heterocycles. The average molecular weight is 810 g/mol. The first-order valence-corrected chi connectivity index (χ1v) is 20.3. The molecule has 12 nitrogen and oxygen atoms in total. The number of imidazole rings is 3. The fraction of sp³-hybridized carbons (Fsp3) is 0. The third-order valence-electron chi connectivity index (χ3n) is 10.5. The number of nitriles is 2. The van der Waals surface area contributed by atoms with Gasteiger partial charge in [-0.15, -0.1) is 0 Å². The fourth-order valence-electron chi connectivity index (χ4n) is 7.74. The van der Waals surface area contributed by atoms with E-state index in [9.17, 15) is 23.5 Å². The number of fused-ring (bicyclic) bond motifs is 6. The summed E-state index contributed by atoms with van der Waals surface area (Å²) in [6.45, 7) is 7.60. The third kappa shape index (κ3) is 6.08. The lowest BCUT2D eigenvalue weighted by Gasteiger charge is -2.13. The summed E-state index contributed by atoms with van der Waals surface area (Å²) in [5.74, 6) is 1.61. The molecule has 0 fully saturated rings. The number of hydrogen-bond acceptors (Lipinski definition) is 7. The zero-order valence-electron chi connectivity index (χ0n) is 31.7. The van der Waals surface area contributed by atoms with Gasteiger partial charge in [0.25, 0.3) is 10.1 Å². The number of aromatic nitrogens is 6. The molecular formula is C48H27N9O3S. The van der Waals surface area contributed by atoms with E-state index >= 15 is 0 Å². The van der Waals surface area contributed by atoms with Crippen LogP contribution in [0.4, 0.5) is 5.69 Å². The van der Waals surface area contributed by atoms with Gasteiger partial charge in [0, 0.05) is 33.8 Å². The molecule has 0 spiro atoms. The Balaban J connectivity index is 1.46. The molecule has 288 valence electrons. The molecule has 0 saturated carbocycles. The van der Waals surface area contributed by atoms with Crippen LogP contribution in [0.3, 0.4) is 0 Å². The molecule has 7 aromatic carbocycles. The molecule has 0 saturated heterocycles. The number of nitrogens with zero attached hydrogens (tertiary/aromatic N) is 9. The van der Waals surface area contributed by atoms with E-state index in [2.05, 4.69) is 21.6 Å². The number of rotatable bonds is 7. The van der Waals surface area contributed by atoms with E-state index in [0.29, 0.717) is 78.6 Å². The summed E-state index contributed by atoms with van der Waals surface area (Å²) >= 11 is 0. The van der Waals surface area contributed by atoms with Crippen molar-refractivity contribution in [2.45, 2.75) is 4.90 Å². The predicted molar refractivity (Wildman–Crippen MR) is 232 cm³/mol. The standard InChI is InChI=1S/C48H27N9O3S/c1-51-35-22-20-34(21-23-35)48-54-40-43-41(52-46(32-16-12-30(28-49)13-17-32)55(43)36-8-4-2-5-9-36)45-42(44(40)56(48)37-10-6-3-7-11-37)53-47(33-18-14-31(29-50)15-19-33)57(45)38-24-26-39(27-25-38)61(58,59)60/h2-27H,(H,58,59,60). The number of hydrogen-bond donors (Lipinski definition) is 1. The normalized spacial score (nSPS) is 11.4. The highest BCUT2D eigenvalue weighted by Gasteiger charge is 2.30. The van der Waals surface area contributed by atoms with Crippen molar-refractivity contribution in [2.24, 2.45) is 0 Å². The summed E-state index contributed by atoms with van der Waals surface area (Å²) in [6, 6.07) is 51.3. The van der Waals surface area contributed by atoms with Gasteiger partial charge in [-0.25, -0.2) is 19.8 Å². The van der Waals surface area contributed by atoms with Crippen LogP contribution in [0.2, 0.25) is 0 Å². The highest BCUT2D eigenvalue weighted by molar-refractivity contribution is 7.85. The molecule has 3 aromatic heterocycles. The number of benzene rings is 7. The molecule has 61 heavy (non-hydrogen) atoms. The molecule has 0 bridgehead atoms. The summed E-state index contributed by atoms with van der Waals surface area (Å²) in [4.78, 5) is 19.7. The van der Waals surface area contributed by atoms with Gasteiger partial charge in [-0.05, 0) is 97.1 Å². The Hall–Kier alpha value is -8.67. The molecule has 0 amide bonds. The van der Waals surface area contributed by atoms with Crippen LogP contribution in [0.1, 0.15) is 11.1 Å². The second kappa shape index (κ2) is 14.3. The van der Waals surface area contributed by atoms with Gasteiger partial charge in [0.1, 0.15) is 50.6 Å². The van der Waals surface area contributed by atoms with Crippen molar-refractivity contribution < 1.29 is 13.0 Å². The fourth-order valence-corrected chi connectivity index (χ4v) is 8.22. The molecule has 0 unspecified atom stereocenters. The van der Waals surface area contributed by atoms with Gasteiger partial charge in [0.15, 0.2) is 5.69 Å². The molecule has 0 atom stereocenters. The van der Waals surface area contributed by atoms with Crippen LogP contribution in [0.5, 0.6) is 0 Å². The first kappa shape index (κ1) is 36.7. The van der Waals surface area contributed by atoms with E-state index in [4.69, 9.17) is 21.5 Å². The molecule has 0 aliphatic carbocycles. The van der Waals surface area contributed by atoms with Crippen molar-refractivity contribution in [1.29, 1.82) is 10.5 Å². The van der Waals surface area contributed by atoms with Crippen LogP contribution in [0.25, 0.3) is 89.2 Å². The predicted octanol–water partition coefficient (Wildman–Crippen LogP) is 10.2. The van der Waals surface area contributed by atoms with E-state index in [-0.39, 0.29) is 4.90 Å². The lowest BCUT2D eigenvalue weighted by atomic mass is 10.1. The highest BCUT2D eigenvalue weighted by Crippen LogP contribution is 2.44. The monoisotopic (exact) mass is 809 g/mol. The summed E-state index contributed by atoms with van der Waals surface area (Å²) in [7, 11) is -4.52. The largest absolute Gasteiger partial charge is 0.294 e. The maximum atomic E-state index is 12.2. The Kier molecular flexibility index (Phi) is 8.60. The quantitative estimate of drug-likeness (QED) is 0.123. The second-order valence-electron chi connectivity index (χ2n) is 14.1. The summed E-state index contributed by atoms with van der Waals surface area (Å²) < 4.78 is 40.4. The average Bonchev–Trinajstić information content (AvgIpc) is 4.02. The molecule has 10 aromatic rings. The van der Waals surface area contributed by atoms with Gasteiger partial charge in [-0.1, -0.05) is 60.7 Å². The molecule has 3 heterocycles. The summed E-state index contributed by atoms with van der Waals surface area (Å²) in [5, 5.41) is 19.4. The van der Waals surface area contributed by atoms with Gasteiger partial charge < -0.3 is 0 Å². The first-order valence-electron chi connectivity index (χ1n) is 18.8. The number of para-hydroxylation sites is 2. The maximum Gasteiger partial charge on any atom is 0.294 e. The van der Waals surface area contributed by atoms with Crippen LogP contribution in [-0.2, 0) is 10.1 Å². The zero-order valence-corrected chi connectivity index (χ0v) is 32.5.